The summed E-state index contributed by atoms with van der Waals surface area (Å²) in [5.74, 6) is -1.51. The van der Waals surface area contributed by atoms with Crippen molar-refractivity contribution >= 4 is 28.9 Å². The Kier molecular flexibility index (Phi) is 5.06. The van der Waals surface area contributed by atoms with Gasteiger partial charge in [-0.1, -0.05) is 0 Å². The molecule has 1 amide bonds. The van der Waals surface area contributed by atoms with Gasteiger partial charge in [0.1, 0.15) is 0 Å². The third-order valence-corrected chi connectivity index (χ3v) is 5.50. The molecule has 1 aliphatic carbocycles. The number of hydrogen-bond acceptors (Lipinski definition) is 4. The molecule has 25 heavy (non-hydrogen) atoms. The molecule has 4 rings (SSSR count). The van der Waals surface area contributed by atoms with Crippen molar-refractivity contribution in [3.05, 3.63) is 16.8 Å². The highest BCUT2D eigenvalue weighted by Crippen LogP contribution is 2.39. The molecule has 3 aliphatic rings. The average molecular weight is 376 g/mol. The summed E-state index contributed by atoms with van der Waals surface area (Å²) in [6, 6.07) is 3.00. The molecule has 9 heteroatoms. The summed E-state index contributed by atoms with van der Waals surface area (Å²) in [6.45, 7) is 2.41. The van der Waals surface area contributed by atoms with Crippen LogP contribution in [-0.2, 0) is 9.59 Å². The number of nitrogens with zero attached hydrogens (tertiary/aromatic N) is 2. The van der Waals surface area contributed by atoms with Gasteiger partial charge in [-0.2, -0.15) is 24.5 Å². The van der Waals surface area contributed by atoms with Crippen LogP contribution in [0, 0.1) is 5.92 Å². The lowest BCUT2D eigenvalue weighted by Crippen LogP contribution is -2.37. The van der Waals surface area contributed by atoms with Gasteiger partial charge in [0, 0.05) is 30.9 Å². The second-order valence-corrected chi connectivity index (χ2v) is 7.39. The maximum atomic E-state index is 12.2. The fraction of sp³-hybridized carbons (Fsp3) is 0.625. The molecular formula is C16H19F3N2O3S. The van der Waals surface area contributed by atoms with Gasteiger partial charge in [-0.15, -0.1) is 0 Å². The highest BCUT2D eigenvalue weighted by molar-refractivity contribution is 7.08. The van der Waals surface area contributed by atoms with Crippen molar-refractivity contribution in [2.45, 2.75) is 43.9 Å². The fourth-order valence-electron chi connectivity index (χ4n) is 3.52. The molecule has 3 fully saturated rings. The van der Waals surface area contributed by atoms with Gasteiger partial charge in [-0.25, -0.2) is 4.79 Å². The molecule has 0 spiro atoms. The first kappa shape index (κ1) is 18.2. The van der Waals surface area contributed by atoms with Gasteiger partial charge in [-0.3, -0.25) is 9.69 Å². The van der Waals surface area contributed by atoms with Crippen molar-refractivity contribution < 1.29 is 27.9 Å². The highest BCUT2D eigenvalue weighted by atomic mass is 32.1. The third-order valence-electron chi connectivity index (χ3n) is 4.83. The number of carboxylic acids is 1. The molecule has 1 aromatic heterocycles. The first-order chi connectivity index (χ1) is 11.8. The number of thiophene rings is 1. The van der Waals surface area contributed by atoms with E-state index in [-0.39, 0.29) is 0 Å². The van der Waals surface area contributed by atoms with E-state index < -0.39 is 12.1 Å². The lowest BCUT2D eigenvalue weighted by molar-refractivity contribution is -0.192. The van der Waals surface area contributed by atoms with Gasteiger partial charge >= 0.3 is 12.1 Å². The van der Waals surface area contributed by atoms with Crippen molar-refractivity contribution in [1.29, 1.82) is 0 Å². The zero-order valence-electron chi connectivity index (χ0n) is 13.4. The summed E-state index contributed by atoms with van der Waals surface area (Å²) < 4.78 is 31.7. The molecule has 5 nitrogen and oxygen atoms in total. The monoisotopic (exact) mass is 376 g/mol. The molecule has 2 aliphatic heterocycles. The van der Waals surface area contributed by atoms with Gasteiger partial charge in [0.05, 0.1) is 11.7 Å². The maximum Gasteiger partial charge on any atom is 0.490 e. The number of anilines is 1. The number of carboxylic acid groups (broad SMARTS) is 1. The van der Waals surface area contributed by atoms with Crippen LogP contribution in [0.1, 0.15) is 25.7 Å². The second kappa shape index (κ2) is 6.95. The first-order valence-corrected chi connectivity index (χ1v) is 9.10. The SMILES string of the molecule is O=C(O)C(F)(F)F.O=C1C[C@H]2[C@@H](CCN2CC2CC2)N1c1ccsc1. The van der Waals surface area contributed by atoms with E-state index in [9.17, 15) is 18.0 Å². The molecular weight excluding hydrogens is 357 g/mol. The van der Waals surface area contributed by atoms with E-state index in [1.54, 1.807) is 11.3 Å². The molecule has 1 N–H and O–H groups in total. The van der Waals surface area contributed by atoms with Crippen molar-refractivity contribution in [2.75, 3.05) is 18.0 Å². The minimum Gasteiger partial charge on any atom is -0.475 e. The van der Waals surface area contributed by atoms with Gasteiger partial charge in [0.2, 0.25) is 5.91 Å². The molecule has 2 atom stereocenters. The number of fused-ring (bicyclic) bond motifs is 1. The molecule has 0 radical (unpaired) electrons. The summed E-state index contributed by atoms with van der Waals surface area (Å²) in [4.78, 5) is 25.8. The largest absolute Gasteiger partial charge is 0.490 e. The fourth-order valence-corrected chi connectivity index (χ4v) is 4.14. The zero-order valence-corrected chi connectivity index (χ0v) is 14.2. The molecule has 1 aromatic rings. The second-order valence-electron chi connectivity index (χ2n) is 6.61. The van der Waals surface area contributed by atoms with Crippen LogP contribution in [0.2, 0.25) is 0 Å². The van der Waals surface area contributed by atoms with E-state index >= 15 is 0 Å². The third kappa shape index (κ3) is 4.14. The standard InChI is InChI=1S/C14H18N2OS.C2HF3O2/c17-14-7-13-12(16(14)11-4-6-18-9-11)3-5-15(13)8-10-1-2-10;3-2(4,5)1(6)7/h4,6,9-10,12-13H,1-3,5,7-8H2;(H,6,7)/t12-,13+;/m1./s1. The van der Waals surface area contributed by atoms with Crippen LogP contribution in [0.25, 0.3) is 0 Å². The Labute approximate surface area is 147 Å². The average Bonchev–Trinajstić information content (AvgIpc) is 2.92. The molecule has 138 valence electrons. The summed E-state index contributed by atoms with van der Waals surface area (Å²) in [5.41, 5.74) is 1.12. The number of carbonyl (C=O) groups is 2. The van der Waals surface area contributed by atoms with E-state index in [0.29, 0.717) is 18.0 Å². The lowest BCUT2D eigenvalue weighted by atomic mass is 10.1. The molecule has 2 saturated heterocycles. The van der Waals surface area contributed by atoms with E-state index in [1.807, 2.05) is 0 Å². The van der Waals surface area contributed by atoms with Crippen molar-refractivity contribution in [3.63, 3.8) is 0 Å². The minimum atomic E-state index is -5.08. The zero-order chi connectivity index (χ0) is 18.2. The van der Waals surface area contributed by atoms with Gasteiger partial charge in [0.25, 0.3) is 0 Å². The Morgan fingerprint density at radius 2 is 1.96 bits per heavy atom. The Morgan fingerprint density at radius 1 is 1.28 bits per heavy atom. The maximum absolute atomic E-state index is 12.2. The topological polar surface area (TPSA) is 60.9 Å². The van der Waals surface area contributed by atoms with E-state index in [4.69, 9.17) is 9.90 Å². The number of rotatable bonds is 3. The van der Waals surface area contributed by atoms with Crippen LogP contribution in [-0.4, -0.2) is 53.2 Å². The molecule has 0 bridgehead atoms. The van der Waals surface area contributed by atoms with Crippen molar-refractivity contribution in [1.82, 2.24) is 4.90 Å². The normalized spacial score (nSPS) is 26.4. The van der Waals surface area contributed by atoms with Gasteiger partial charge in [0.15, 0.2) is 0 Å². The Morgan fingerprint density at radius 3 is 2.48 bits per heavy atom. The van der Waals surface area contributed by atoms with Crippen molar-refractivity contribution in [3.8, 4) is 0 Å². The predicted octanol–water partition coefficient (Wildman–Crippen LogP) is 2.97. The highest BCUT2D eigenvalue weighted by Gasteiger charge is 2.48. The van der Waals surface area contributed by atoms with Gasteiger partial charge in [-0.05, 0) is 36.6 Å². The van der Waals surface area contributed by atoms with Crippen LogP contribution in [0.15, 0.2) is 16.8 Å². The van der Waals surface area contributed by atoms with Crippen LogP contribution in [0.5, 0.6) is 0 Å². The Balaban J connectivity index is 0.000000225. The quantitative estimate of drug-likeness (QED) is 0.881. The number of halogens is 3. The van der Waals surface area contributed by atoms with E-state index in [2.05, 4.69) is 26.6 Å². The molecule has 0 aromatic carbocycles. The van der Waals surface area contributed by atoms with Crippen molar-refractivity contribution in [2.24, 2.45) is 5.92 Å². The first-order valence-electron chi connectivity index (χ1n) is 8.16. The minimum absolute atomic E-state index is 0.323. The number of alkyl halides is 3. The van der Waals surface area contributed by atoms with Crippen LogP contribution >= 0.6 is 11.3 Å². The lowest BCUT2D eigenvalue weighted by Gasteiger charge is -2.24. The summed E-state index contributed by atoms with van der Waals surface area (Å²) in [6.07, 6.45) is -0.404. The molecule has 0 unspecified atom stereocenters. The number of carbonyl (C=O) groups excluding carboxylic acids is 1. The molecule has 3 heterocycles. The Hall–Kier alpha value is -1.61. The van der Waals surface area contributed by atoms with E-state index in [1.165, 1.54) is 25.9 Å². The Bertz CT molecular complexity index is 631. The van der Waals surface area contributed by atoms with Crippen LogP contribution in [0.4, 0.5) is 18.9 Å². The number of hydrogen-bond donors (Lipinski definition) is 1. The van der Waals surface area contributed by atoms with Crippen LogP contribution in [0.3, 0.4) is 0 Å². The summed E-state index contributed by atoms with van der Waals surface area (Å²) >= 11 is 1.68. The number of aliphatic carboxylic acids is 1. The number of amides is 1. The smallest absolute Gasteiger partial charge is 0.475 e. The van der Waals surface area contributed by atoms with Crippen LogP contribution < -0.4 is 4.90 Å². The summed E-state index contributed by atoms with van der Waals surface area (Å²) in [5, 5.41) is 11.3. The molecule has 1 saturated carbocycles. The summed E-state index contributed by atoms with van der Waals surface area (Å²) in [7, 11) is 0. The van der Waals surface area contributed by atoms with E-state index in [0.717, 1.165) is 24.4 Å². The van der Waals surface area contributed by atoms with Gasteiger partial charge < -0.3 is 10.0 Å². The number of likely N-dealkylation sites (tertiary alicyclic amines) is 1. The predicted molar refractivity (Wildman–Crippen MR) is 86.6 cm³/mol.